The van der Waals surface area contributed by atoms with E-state index in [9.17, 15) is 0 Å². The van der Waals surface area contributed by atoms with E-state index in [0.29, 0.717) is 0 Å². The highest BCUT2D eigenvalue weighted by Crippen LogP contribution is 2.46. The highest BCUT2D eigenvalue weighted by atomic mass is 15.4. The Balaban J connectivity index is 1.76. The van der Waals surface area contributed by atoms with E-state index in [4.69, 9.17) is 4.98 Å². The second-order valence-electron chi connectivity index (χ2n) is 6.06. The smallest absolute Gasteiger partial charge is 0.159 e. The van der Waals surface area contributed by atoms with Gasteiger partial charge in [0.1, 0.15) is 6.67 Å². The normalized spacial score (nSPS) is 13.3. The van der Waals surface area contributed by atoms with Gasteiger partial charge < -0.3 is 9.80 Å². The first-order valence-corrected chi connectivity index (χ1v) is 8.30. The van der Waals surface area contributed by atoms with Crippen LogP contribution in [0.2, 0.25) is 0 Å². The molecule has 3 heterocycles. The maximum atomic E-state index is 4.78. The Morgan fingerprint density at radius 1 is 0.720 bits per heavy atom. The van der Waals surface area contributed by atoms with Gasteiger partial charge in [0.2, 0.25) is 0 Å². The van der Waals surface area contributed by atoms with Gasteiger partial charge in [-0.15, -0.1) is 0 Å². The van der Waals surface area contributed by atoms with Gasteiger partial charge in [0.25, 0.3) is 0 Å². The Bertz CT molecular complexity index is 1030. The van der Waals surface area contributed by atoms with Crippen LogP contribution in [0.15, 0.2) is 85.3 Å². The lowest BCUT2D eigenvalue weighted by Crippen LogP contribution is -2.24. The van der Waals surface area contributed by atoms with Crippen molar-refractivity contribution < 1.29 is 0 Å². The van der Waals surface area contributed by atoms with Crippen molar-refractivity contribution in [2.45, 2.75) is 0 Å². The molecule has 0 radical (unpaired) electrons. The summed E-state index contributed by atoms with van der Waals surface area (Å²) in [4.78, 5) is 13.7. The van der Waals surface area contributed by atoms with E-state index in [1.165, 1.54) is 0 Å². The van der Waals surface area contributed by atoms with Crippen molar-refractivity contribution in [3.8, 4) is 0 Å². The Kier molecular flexibility index (Phi) is 3.13. The van der Waals surface area contributed by atoms with Gasteiger partial charge in [-0.2, -0.15) is 0 Å². The molecule has 0 N–H and O–H groups in total. The van der Waals surface area contributed by atoms with Crippen LogP contribution in [-0.4, -0.2) is 16.6 Å². The lowest BCUT2D eigenvalue weighted by Gasteiger charge is -2.21. The van der Waals surface area contributed by atoms with Crippen LogP contribution in [-0.2, 0) is 0 Å². The van der Waals surface area contributed by atoms with E-state index < -0.39 is 0 Å². The molecule has 0 aliphatic carbocycles. The zero-order valence-electron chi connectivity index (χ0n) is 13.6. The Morgan fingerprint density at radius 2 is 1.40 bits per heavy atom. The number of para-hydroxylation sites is 2. The summed E-state index contributed by atoms with van der Waals surface area (Å²) in [6, 6.07) is 22.8. The lowest BCUT2D eigenvalue weighted by atomic mass is 10.1. The summed E-state index contributed by atoms with van der Waals surface area (Å²) < 4.78 is 0. The molecule has 25 heavy (non-hydrogen) atoms. The van der Waals surface area contributed by atoms with Crippen molar-refractivity contribution in [1.82, 2.24) is 9.97 Å². The molecule has 2 aromatic carbocycles. The van der Waals surface area contributed by atoms with Crippen LogP contribution in [0.4, 0.5) is 22.9 Å². The molecule has 0 saturated carbocycles. The van der Waals surface area contributed by atoms with Crippen molar-refractivity contribution in [1.29, 1.82) is 0 Å². The summed E-state index contributed by atoms with van der Waals surface area (Å²) in [5, 5.41) is 2.22. The average Bonchev–Trinajstić information content (AvgIpc) is 3.09. The third-order valence-electron chi connectivity index (χ3n) is 4.59. The van der Waals surface area contributed by atoms with Crippen molar-refractivity contribution in [3.05, 3.63) is 85.3 Å². The molecule has 1 aliphatic rings. The molecule has 2 aromatic heterocycles. The van der Waals surface area contributed by atoms with Gasteiger partial charge in [-0.3, -0.25) is 4.98 Å². The highest BCUT2D eigenvalue weighted by Gasteiger charge is 2.31. The summed E-state index contributed by atoms with van der Waals surface area (Å²) >= 11 is 0. The topological polar surface area (TPSA) is 32.3 Å². The highest BCUT2D eigenvalue weighted by molar-refractivity contribution is 6.03. The van der Waals surface area contributed by atoms with Crippen LogP contribution in [0.25, 0.3) is 10.8 Å². The second kappa shape index (κ2) is 5.60. The summed E-state index contributed by atoms with van der Waals surface area (Å²) in [5.74, 6) is 0.968. The standard InChI is InChI=1S/C21H16N4/c1-3-7-17(8-4-1)24-15-25(18-9-5-2-6-10-18)21-20(24)19-14-22-12-11-16(19)13-23-21/h1-14H,15H2. The lowest BCUT2D eigenvalue weighted by molar-refractivity contribution is 0.982. The third kappa shape index (κ3) is 2.22. The van der Waals surface area contributed by atoms with Gasteiger partial charge in [0.05, 0.1) is 5.69 Å². The molecule has 0 saturated heterocycles. The quantitative estimate of drug-likeness (QED) is 0.526. The molecule has 1 aliphatic heterocycles. The molecule has 4 aromatic rings. The predicted molar refractivity (Wildman–Crippen MR) is 102 cm³/mol. The fourth-order valence-corrected chi connectivity index (χ4v) is 3.40. The zero-order chi connectivity index (χ0) is 16.6. The predicted octanol–water partition coefficient (Wildman–Crippen LogP) is 4.88. The fraction of sp³-hybridized carbons (Fsp3) is 0.0476. The van der Waals surface area contributed by atoms with Crippen LogP contribution < -0.4 is 9.80 Å². The first-order chi connectivity index (χ1) is 12.4. The van der Waals surface area contributed by atoms with Gasteiger partial charge in [-0.1, -0.05) is 36.4 Å². The zero-order valence-corrected chi connectivity index (χ0v) is 13.6. The van der Waals surface area contributed by atoms with Gasteiger partial charge in [-0.05, 0) is 30.3 Å². The van der Waals surface area contributed by atoms with E-state index in [1.807, 2.05) is 36.8 Å². The number of rotatable bonds is 2. The molecular formula is C21H16N4. The van der Waals surface area contributed by atoms with Crippen LogP contribution in [0, 0.1) is 0 Å². The van der Waals surface area contributed by atoms with E-state index in [1.54, 1.807) is 0 Å². The third-order valence-corrected chi connectivity index (χ3v) is 4.59. The van der Waals surface area contributed by atoms with Crippen molar-refractivity contribution in [2.75, 3.05) is 16.5 Å². The second-order valence-corrected chi connectivity index (χ2v) is 6.06. The van der Waals surface area contributed by atoms with E-state index in [2.05, 4.69) is 63.3 Å². The van der Waals surface area contributed by atoms with Crippen LogP contribution >= 0.6 is 0 Å². The summed E-state index contributed by atoms with van der Waals surface area (Å²) in [6.45, 7) is 0.727. The number of benzene rings is 2. The summed E-state index contributed by atoms with van der Waals surface area (Å²) in [5.41, 5.74) is 3.40. The van der Waals surface area contributed by atoms with Crippen molar-refractivity contribution >= 4 is 33.7 Å². The number of fused-ring (bicyclic) bond motifs is 3. The minimum Gasteiger partial charge on any atom is -0.319 e. The molecule has 0 unspecified atom stereocenters. The van der Waals surface area contributed by atoms with Gasteiger partial charge in [0.15, 0.2) is 5.82 Å². The molecular weight excluding hydrogens is 308 g/mol. The fourth-order valence-electron chi connectivity index (χ4n) is 3.40. The number of nitrogens with zero attached hydrogens (tertiary/aromatic N) is 4. The number of hydrogen-bond acceptors (Lipinski definition) is 4. The summed E-state index contributed by atoms with van der Waals surface area (Å²) in [6.07, 6.45) is 5.67. The monoisotopic (exact) mass is 324 g/mol. The van der Waals surface area contributed by atoms with Crippen molar-refractivity contribution in [2.24, 2.45) is 0 Å². The Hall–Kier alpha value is -3.40. The number of hydrogen-bond donors (Lipinski definition) is 0. The molecule has 0 fully saturated rings. The number of aromatic nitrogens is 2. The van der Waals surface area contributed by atoms with Crippen LogP contribution in [0.5, 0.6) is 0 Å². The summed E-state index contributed by atoms with van der Waals surface area (Å²) in [7, 11) is 0. The molecule has 0 bridgehead atoms. The van der Waals surface area contributed by atoms with Gasteiger partial charge in [0, 0.05) is 40.7 Å². The van der Waals surface area contributed by atoms with Gasteiger partial charge in [-0.25, -0.2) is 4.98 Å². The molecule has 0 spiro atoms. The minimum absolute atomic E-state index is 0.727. The van der Waals surface area contributed by atoms with E-state index >= 15 is 0 Å². The van der Waals surface area contributed by atoms with E-state index in [0.717, 1.165) is 40.3 Å². The molecule has 4 nitrogen and oxygen atoms in total. The molecule has 0 amide bonds. The Labute approximate surface area is 146 Å². The molecule has 0 atom stereocenters. The minimum atomic E-state index is 0.727. The van der Waals surface area contributed by atoms with Crippen LogP contribution in [0.1, 0.15) is 0 Å². The van der Waals surface area contributed by atoms with Gasteiger partial charge >= 0.3 is 0 Å². The van der Waals surface area contributed by atoms with Crippen LogP contribution in [0.3, 0.4) is 0 Å². The first-order valence-electron chi connectivity index (χ1n) is 8.30. The van der Waals surface area contributed by atoms with E-state index in [-0.39, 0.29) is 0 Å². The molecule has 120 valence electrons. The van der Waals surface area contributed by atoms with Crippen molar-refractivity contribution in [3.63, 3.8) is 0 Å². The maximum Gasteiger partial charge on any atom is 0.159 e. The molecule has 5 rings (SSSR count). The Morgan fingerprint density at radius 3 is 2.12 bits per heavy atom. The maximum absolute atomic E-state index is 4.78. The number of anilines is 4. The molecule has 4 heteroatoms. The SMILES string of the molecule is c1ccc(N2CN(c3ccccc3)c3c2ncc2ccncc32)cc1. The average molecular weight is 324 g/mol. The first kappa shape index (κ1) is 14.0. The largest absolute Gasteiger partial charge is 0.319 e. The number of pyridine rings is 2.